The van der Waals surface area contributed by atoms with Gasteiger partial charge in [0.05, 0.1) is 0 Å². The molecule has 0 saturated heterocycles. The minimum absolute atomic E-state index is 0.0225. The molecule has 3 aromatic carbocycles. The van der Waals surface area contributed by atoms with Crippen molar-refractivity contribution in [1.29, 1.82) is 0 Å². The van der Waals surface area contributed by atoms with Crippen LogP contribution in [0.3, 0.4) is 0 Å². The van der Waals surface area contributed by atoms with Crippen LogP contribution in [0.4, 0.5) is 0 Å². The molecule has 0 fully saturated rings. The molecule has 0 saturated carbocycles. The van der Waals surface area contributed by atoms with Crippen LogP contribution < -0.4 is 5.32 Å². The summed E-state index contributed by atoms with van der Waals surface area (Å²) in [6.07, 6.45) is 1.14. The first-order valence-corrected chi connectivity index (χ1v) is 10.8. The second kappa shape index (κ2) is 11.1. The summed E-state index contributed by atoms with van der Waals surface area (Å²) in [6.45, 7) is 4.82. The number of rotatable bonds is 9. The zero-order valence-corrected chi connectivity index (χ0v) is 18.3. The molecule has 4 heteroatoms. The third-order valence-electron chi connectivity index (χ3n) is 5.24. The van der Waals surface area contributed by atoms with E-state index in [0.29, 0.717) is 19.5 Å². The number of amides is 2. The van der Waals surface area contributed by atoms with E-state index >= 15 is 0 Å². The van der Waals surface area contributed by atoms with E-state index in [1.54, 1.807) is 4.90 Å². The molecule has 1 atom stereocenters. The van der Waals surface area contributed by atoms with Crippen LogP contribution in [0.2, 0.25) is 0 Å². The normalized spacial score (nSPS) is 11.5. The summed E-state index contributed by atoms with van der Waals surface area (Å²) in [5.74, 6) is -0.196. The van der Waals surface area contributed by atoms with Crippen molar-refractivity contribution in [3.63, 3.8) is 0 Å². The van der Waals surface area contributed by atoms with Crippen molar-refractivity contribution in [3.05, 3.63) is 107 Å². The van der Waals surface area contributed by atoms with Gasteiger partial charge in [-0.1, -0.05) is 97.4 Å². The van der Waals surface area contributed by atoms with Crippen molar-refractivity contribution < 1.29 is 9.59 Å². The highest BCUT2D eigenvalue weighted by Crippen LogP contribution is 2.25. The Hall–Kier alpha value is -3.40. The Morgan fingerprint density at radius 3 is 2.06 bits per heavy atom. The molecule has 0 aliphatic rings. The summed E-state index contributed by atoms with van der Waals surface area (Å²) < 4.78 is 0. The first kappa shape index (κ1) is 22.3. The Bertz CT molecular complexity index is 969. The number of aryl methyl sites for hydroxylation is 1. The molecular formula is C27H30N2O2. The number of benzene rings is 3. The van der Waals surface area contributed by atoms with E-state index in [1.165, 1.54) is 5.56 Å². The van der Waals surface area contributed by atoms with E-state index in [1.807, 2.05) is 98.8 Å². The second-order valence-electron chi connectivity index (χ2n) is 7.77. The third-order valence-corrected chi connectivity index (χ3v) is 5.24. The lowest BCUT2D eigenvalue weighted by molar-refractivity contribution is -0.141. The van der Waals surface area contributed by atoms with Gasteiger partial charge in [-0.15, -0.1) is 0 Å². The number of nitrogens with one attached hydrogen (secondary N) is 1. The van der Waals surface area contributed by atoms with E-state index in [4.69, 9.17) is 0 Å². The van der Waals surface area contributed by atoms with Crippen LogP contribution in [-0.2, 0) is 22.7 Å². The van der Waals surface area contributed by atoms with Crippen molar-refractivity contribution in [2.75, 3.05) is 0 Å². The Labute approximate surface area is 184 Å². The quantitative estimate of drug-likeness (QED) is 0.524. The fraction of sp³-hybridized carbons (Fsp3) is 0.259. The van der Waals surface area contributed by atoms with Gasteiger partial charge in [-0.25, -0.2) is 0 Å². The minimum Gasteiger partial charge on any atom is -0.350 e. The van der Waals surface area contributed by atoms with Crippen molar-refractivity contribution in [2.45, 2.75) is 45.8 Å². The molecule has 3 rings (SSSR count). The SMILES string of the molecule is CCCC(=O)N(Cc1ccccc1)[C@H](C(=O)NCc1ccc(C)cc1)c1ccccc1. The first-order valence-electron chi connectivity index (χ1n) is 10.8. The van der Waals surface area contributed by atoms with Gasteiger partial charge in [0.2, 0.25) is 11.8 Å². The average molecular weight is 415 g/mol. The lowest BCUT2D eigenvalue weighted by Gasteiger charge is -2.31. The van der Waals surface area contributed by atoms with Crippen molar-refractivity contribution >= 4 is 11.8 Å². The van der Waals surface area contributed by atoms with Gasteiger partial charge in [0.15, 0.2) is 0 Å². The van der Waals surface area contributed by atoms with Crippen molar-refractivity contribution in [3.8, 4) is 0 Å². The molecule has 2 amide bonds. The zero-order chi connectivity index (χ0) is 22.1. The van der Waals surface area contributed by atoms with E-state index < -0.39 is 6.04 Å². The predicted octanol–water partition coefficient (Wildman–Crippen LogP) is 5.18. The molecule has 0 radical (unpaired) electrons. The maximum absolute atomic E-state index is 13.4. The van der Waals surface area contributed by atoms with Crippen LogP contribution in [0, 0.1) is 6.92 Å². The number of hydrogen-bond donors (Lipinski definition) is 1. The zero-order valence-electron chi connectivity index (χ0n) is 18.3. The van der Waals surface area contributed by atoms with Crippen LogP contribution in [0.15, 0.2) is 84.9 Å². The predicted molar refractivity (Wildman–Crippen MR) is 124 cm³/mol. The van der Waals surface area contributed by atoms with Crippen LogP contribution in [-0.4, -0.2) is 16.7 Å². The molecule has 31 heavy (non-hydrogen) atoms. The highest BCUT2D eigenvalue weighted by molar-refractivity contribution is 5.88. The largest absolute Gasteiger partial charge is 0.350 e. The molecule has 0 aliphatic heterocycles. The van der Waals surface area contributed by atoms with Gasteiger partial charge in [-0.3, -0.25) is 9.59 Å². The Morgan fingerprint density at radius 1 is 0.839 bits per heavy atom. The molecule has 0 bridgehead atoms. The summed E-state index contributed by atoms with van der Waals surface area (Å²) in [4.78, 5) is 28.3. The number of carbonyl (C=O) groups is 2. The third kappa shape index (κ3) is 6.29. The van der Waals surface area contributed by atoms with Gasteiger partial charge in [0, 0.05) is 19.5 Å². The van der Waals surface area contributed by atoms with Crippen LogP contribution in [0.5, 0.6) is 0 Å². The highest BCUT2D eigenvalue weighted by atomic mass is 16.2. The lowest BCUT2D eigenvalue weighted by Crippen LogP contribution is -2.43. The highest BCUT2D eigenvalue weighted by Gasteiger charge is 2.30. The lowest BCUT2D eigenvalue weighted by atomic mass is 10.0. The van der Waals surface area contributed by atoms with Gasteiger partial charge in [0.25, 0.3) is 0 Å². The van der Waals surface area contributed by atoms with Crippen LogP contribution in [0.1, 0.15) is 48.1 Å². The maximum atomic E-state index is 13.4. The standard InChI is InChI=1S/C27H30N2O2/c1-3-10-25(30)29(20-23-11-6-4-7-12-23)26(24-13-8-5-9-14-24)27(31)28-19-22-17-15-21(2)16-18-22/h4-9,11-18,26H,3,10,19-20H2,1-2H3,(H,28,31)/t26-/m0/s1. The molecule has 0 unspecified atom stereocenters. The summed E-state index contributed by atoms with van der Waals surface area (Å²) in [5, 5.41) is 3.05. The van der Waals surface area contributed by atoms with Gasteiger partial charge in [-0.05, 0) is 30.0 Å². The Morgan fingerprint density at radius 2 is 1.45 bits per heavy atom. The summed E-state index contributed by atoms with van der Waals surface area (Å²) in [7, 11) is 0. The molecule has 0 aliphatic carbocycles. The molecule has 0 heterocycles. The molecule has 0 aromatic heterocycles. The first-order chi connectivity index (χ1) is 15.1. The number of nitrogens with zero attached hydrogens (tertiary/aromatic N) is 1. The van der Waals surface area contributed by atoms with Crippen LogP contribution in [0.25, 0.3) is 0 Å². The average Bonchev–Trinajstić information content (AvgIpc) is 2.80. The van der Waals surface area contributed by atoms with Gasteiger partial charge < -0.3 is 10.2 Å². The van der Waals surface area contributed by atoms with E-state index in [2.05, 4.69) is 5.32 Å². The van der Waals surface area contributed by atoms with Crippen molar-refractivity contribution in [2.24, 2.45) is 0 Å². The molecule has 0 spiro atoms. The molecule has 4 nitrogen and oxygen atoms in total. The minimum atomic E-state index is -0.689. The van der Waals surface area contributed by atoms with Crippen LogP contribution >= 0.6 is 0 Å². The maximum Gasteiger partial charge on any atom is 0.247 e. The summed E-state index contributed by atoms with van der Waals surface area (Å²) in [5.41, 5.74) is 4.01. The second-order valence-corrected chi connectivity index (χ2v) is 7.77. The summed E-state index contributed by atoms with van der Waals surface area (Å²) in [6, 6.07) is 26.8. The smallest absolute Gasteiger partial charge is 0.247 e. The summed E-state index contributed by atoms with van der Waals surface area (Å²) >= 11 is 0. The van der Waals surface area contributed by atoms with Gasteiger partial charge in [0.1, 0.15) is 6.04 Å². The Balaban J connectivity index is 1.89. The molecule has 1 N–H and O–H groups in total. The molecule has 160 valence electrons. The van der Waals surface area contributed by atoms with Crippen molar-refractivity contribution in [1.82, 2.24) is 10.2 Å². The van der Waals surface area contributed by atoms with Gasteiger partial charge in [-0.2, -0.15) is 0 Å². The number of carbonyl (C=O) groups excluding carboxylic acids is 2. The van der Waals surface area contributed by atoms with E-state index in [9.17, 15) is 9.59 Å². The van der Waals surface area contributed by atoms with E-state index in [-0.39, 0.29) is 11.8 Å². The fourth-order valence-corrected chi connectivity index (χ4v) is 3.56. The van der Waals surface area contributed by atoms with Gasteiger partial charge >= 0.3 is 0 Å². The number of hydrogen-bond acceptors (Lipinski definition) is 2. The Kier molecular flexibility index (Phi) is 7.99. The van der Waals surface area contributed by atoms with E-state index in [0.717, 1.165) is 23.1 Å². The fourth-order valence-electron chi connectivity index (χ4n) is 3.56. The molecular weight excluding hydrogens is 384 g/mol. The monoisotopic (exact) mass is 414 g/mol. The molecule has 3 aromatic rings. The topological polar surface area (TPSA) is 49.4 Å².